The van der Waals surface area contributed by atoms with E-state index in [-0.39, 0.29) is 0 Å². The lowest BCUT2D eigenvalue weighted by atomic mass is 10.1. The third-order valence-corrected chi connectivity index (χ3v) is 3.31. The van der Waals surface area contributed by atoms with Crippen molar-refractivity contribution in [2.24, 2.45) is 7.05 Å². The first-order valence-electron chi connectivity index (χ1n) is 5.21. The van der Waals surface area contributed by atoms with E-state index >= 15 is 0 Å². The number of hydrogen-bond donors (Lipinski definition) is 2. The lowest BCUT2D eigenvalue weighted by Gasteiger charge is -2.00. The Kier molecular flexibility index (Phi) is 2.22. The van der Waals surface area contributed by atoms with Crippen LogP contribution in [0.4, 0.5) is 5.82 Å². The summed E-state index contributed by atoms with van der Waals surface area (Å²) in [6, 6.07) is 8.02. The highest BCUT2D eigenvalue weighted by molar-refractivity contribution is 9.10. The minimum Gasteiger partial charge on any atom is -0.382 e. The molecule has 0 aliphatic carbocycles. The zero-order chi connectivity index (χ0) is 12.0. The lowest BCUT2D eigenvalue weighted by molar-refractivity contribution is 0.781. The number of aryl methyl sites for hydroxylation is 1. The summed E-state index contributed by atoms with van der Waals surface area (Å²) in [5.41, 5.74) is 8.92. The van der Waals surface area contributed by atoms with Gasteiger partial charge in [0.25, 0.3) is 0 Å². The summed E-state index contributed by atoms with van der Waals surface area (Å²) >= 11 is 3.49. The normalized spacial score (nSPS) is 11.2. The van der Waals surface area contributed by atoms with Gasteiger partial charge in [0.05, 0.1) is 5.69 Å². The van der Waals surface area contributed by atoms with Crippen molar-refractivity contribution in [3.63, 3.8) is 0 Å². The molecule has 2 aromatic heterocycles. The molecule has 0 aliphatic heterocycles. The van der Waals surface area contributed by atoms with Gasteiger partial charge in [0.15, 0.2) is 0 Å². The number of rotatable bonds is 1. The number of halogens is 1. The molecule has 0 fully saturated rings. The summed E-state index contributed by atoms with van der Waals surface area (Å²) in [4.78, 5) is 3.25. The van der Waals surface area contributed by atoms with Crippen LogP contribution in [0.1, 0.15) is 0 Å². The Morgan fingerprint density at radius 2 is 2.18 bits per heavy atom. The molecule has 0 atom stereocenters. The minimum atomic E-state index is 0.534. The molecule has 86 valence electrons. The molecule has 5 heteroatoms. The number of aromatic nitrogens is 3. The molecule has 17 heavy (non-hydrogen) atoms. The van der Waals surface area contributed by atoms with Crippen molar-refractivity contribution in [1.29, 1.82) is 0 Å². The Bertz CT molecular complexity index is 696. The number of aromatic amines is 1. The van der Waals surface area contributed by atoms with E-state index in [9.17, 15) is 0 Å². The molecule has 0 unspecified atom stereocenters. The minimum absolute atomic E-state index is 0.534. The van der Waals surface area contributed by atoms with Gasteiger partial charge < -0.3 is 10.7 Å². The van der Waals surface area contributed by atoms with Crippen LogP contribution in [-0.2, 0) is 7.05 Å². The van der Waals surface area contributed by atoms with Crippen molar-refractivity contribution in [1.82, 2.24) is 14.8 Å². The quantitative estimate of drug-likeness (QED) is 0.724. The first kappa shape index (κ1) is 10.4. The fourth-order valence-corrected chi connectivity index (χ4v) is 2.41. The predicted molar refractivity (Wildman–Crippen MR) is 72.6 cm³/mol. The van der Waals surface area contributed by atoms with Crippen LogP contribution in [0.25, 0.3) is 22.2 Å². The highest BCUT2D eigenvalue weighted by atomic mass is 79.9. The summed E-state index contributed by atoms with van der Waals surface area (Å²) in [7, 11) is 1.89. The molecular weight excluding hydrogens is 280 g/mol. The van der Waals surface area contributed by atoms with Crippen LogP contribution in [0.15, 0.2) is 34.9 Å². The number of fused-ring (bicyclic) bond motifs is 1. The first-order chi connectivity index (χ1) is 8.15. The van der Waals surface area contributed by atoms with Crippen molar-refractivity contribution >= 4 is 32.7 Å². The second kappa shape index (κ2) is 3.63. The van der Waals surface area contributed by atoms with E-state index in [2.05, 4.69) is 32.1 Å². The van der Waals surface area contributed by atoms with E-state index in [0.717, 1.165) is 26.6 Å². The first-order valence-corrected chi connectivity index (χ1v) is 6.01. The molecular formula is C12H11BrN4. The predicted octanol–water partition coefficient (Wildman–Crippen LogP) is 2.91. The molecule has 3 N–H and O–H groups in total. The van der Waals surface area contributed by atoms with Crippen LogP contribution in [0.3, 0.4) is 0 Å². The summed E-state index contributed by atoms with van der Waals surface area (Å²) in [5.74, 6) is 0.534. The van der Waals surface area contributed by atoms with Gasteiger partial charge in [0, 0.05) is 40.2 Å². The maximum absolute atomic E-state index is 5.71. The molecule has 0 spiro atoms. The largest absolute Gasteiger partial charge is 0.382 e. The SMILES string of the molecule is Cn1nc(N)cc1-c1c[nH]c2ccc(Br)cc12. The van der Waals surface area contributed by atoms with Gasteiger partial charge in [0.1, 0.15) is 5.82 Å². The summed E-state index contributed by atoms with van der Waals surface area (Å²) in [5, 5.41) is 5.32. The summed E-state index contributed by atoms with van der Waals surface area (Å²) < 4.78 is 2.85. The number of benzene rings is 1. The van der Waals surface area contributed by atoms with Gasteiger partial charge in [-0.3, -0.25) is 4.68 Å². The van der Waals surface area contributed by atoms with E-state index in [0.29, 0.717) is 5.82 Å². The zero-order valence-electron chi connectivity index (χ0n) is 9.24. The Hall–Kier alpha value is -1.75. The third kappa shape index (κ3) is 1.63. The van der Waals surface area contributed by atoms with Gasteiger partial charge in [-0.05, 0) is 18.2 Å². The molecule has 4 nitrogen and oxygen atoms in total. The molecule has 3 rings (SSSR count). The second-order valence-corrected chi connectivity index (χ2v) is 4.89. The zero-order valence-corrected chi connectivity index (χ0v) is 10.8. The Morgan fingerprint density at radius 3 is 2.88 bits per heavy atom. The number of H-pyrrole nitrogens is 1. The van der Waals surface area contributed by atoms with Crippen LogP contribution in [0.2, 0.25) is 0 Å². The average Bonchev–Trinajstić information content (AvgIpc) is 2.81. The second-order valence-electron chi connectivity index (χ2n) is 3.97. The van der Waals surface area contributed by atoms with Crippen LogP contribution >= 0.6 is 15.9 Å². The molecule has 0 radical (unpaired) electrons. The van der Waals surface area contributed by atoms with E-state index < -0.39 is 0 Å². The maximum atomic E-state index is 5.71. The highest BCUT2D eigenvalue weighted by Crippen LogP contribution is 2.31. The van der Waals surface area contributed by atoms with Crippen molar-refractivity contribution < 1.29 is 0 Å². The molecule has 0 saturated carbocycles. The van der Waals surface area contributed by atoms with Crippen LogP contribution in [-0.4, -0.2) is 14.8 Å². The molecule has 0 amide bonds. The van der Waals surface area contributed by atoms with Gasteiger partial charge in [-0.25, -0.2) is 0 Å². The molecule has 0 bridgehead atoms. The molecule has 0 aliphatic rings. The lowest BCUT2D eigenvalue weighted by Crippen LogP contribution is -1.94. The highest BCUT2D eigenvalue weighted by Gasteiger charge is 2.11. The standard InChI is InChI=1S/C12H11BrN4/c1-17-11(5-12(14)16-17)9-6-15-10-3-2-7(13)4-8(9)10/h2-6,15H,1H3,(H2,14,16). The van der Waals surface area contributed by atoms with E-state index in [1.54, 1.807) is 4.68 Å². The smallest absolute Gasteiger partial charge is 0.146 e. The van der Waals surface area contributed by atoms with Crippen LogP contribution in [0.5, 0.6) is 0 Å². The van der Waals surface area contributed by atoms with Crippen LogP contribution in [0, 0.1) is 0 Å². The molecule has 2 heterocycles. The monoisotopic (exact) mass is 290 g/mol. The van der Waals surface area contributed by atoms with Crippen LogP contribution < -0.4 is 5.73 Å². The molecule has 3 aromatic rings. The van der Waals surface area contributed by atoms with E-state index in [4.69, 9.17) is 5.73 Å². The number of anilines is 1. The van der Waals surface area contributed by atoms with Crippen molar-refractivity contribution in [2.75, 3.05) is 5.73 Å². The van der Waals surface area contributed by atoms with Crippen molar-refractivity contribution in [3.05, 3.63) is 34.9 Å². The number of nitrogens with zero attached hydrogens (tertiary/aromatic N) is 2. The summed E-state index contributed by atoms with van der Waals surface area (Å²) in [6.45, 7) is 0. The van der Waals surface area contributed by atoms with Gasteiger partial charge in [-0.1, -0.05) is 15.9 Å². The molecule has 1 aromatic carbocycles. The van der Waals surface area contributed by atoms with Crippen molar-refractivity contribution in [3.8, 4) is 11.3 Å². The number of nitrogen functional groups attached to an aromatic ring is 1. The van der Waals surface area contributed by atoms with E-state index in [1.165, 1.54) is 0 Å². The van der Waals surface area contributed by atoms with Crippen molar-refractivity contribution in [2.45, 2.75) is 0 Å². The third-order valence-electron chi connectivity index (χ3n) is 2.82. The topological polar surface area (TPSA) is 59.6 Å². The summed E-state index contributed by atoms with van der Waals surface area (Å²) in [6.07, 6.45) is 1.98. The Labute approximate surface area is 107 Å². The molecule has 0 saturated heterocycles. The van der Waals surface area contributed by atoms with Gasteiger partial charge in [-0.2, -0.15) is 5.10 Å². The Morgan fingerprint density at radius 1 is 1.35 bits per heavy atom. The van der Waals surface area contributed by atoms with Gasteiger partial charge >= 0.3 is 0 Å². The Balaban J connectivity index is 2.30. The number of nitrogens with two attached hydrogens (primary N) is 1. The van der Waals surface area contributed by atoms with Gasteiger partial charge in [-0.15, -0.1) is 0 Å². The average molecular weight is 291 g/mol. The fourth-order valence-electron chi connectivity index (χ4n) is 2.05. The van der Waals surface area contributed by atoms with Gasteiger partial charge in [0.2, 0.25) is 0 Å². The number of hydrogen-bond acceptors (Lipinski definition) is 2. The fraction of sp³-hybridized carbons (Fsp3) is 0.0833. The van der Waals surface area contributed by atoms with E-state index in [1.807, 2.05) is 31.4 Å². The maximum Gasteiger partial charge on any atom is 0.146 e. The number of nitrogens with one attached hydrogen (secondary N) is 1.